The van der Waals surface area contributed by atoms with Crippen LogP contribution in [0.1, 0.15) is 40.9 Å². The molecule has 0 amide bonds. The molecule has 0 unspecified atom stereocenters. The van der Waals surface area contributed by atoms with Crippen LogP contribution in [0.4, 0.5) is 0 Å². The lowest BCUT2D eigenvalue weighted by Crippen LogP contribution is -2.03. The number of hydrogen-bond acceptors (Lipinski definition) is 4. The number of nitriles is 1. The summed E-state index contributed by atoms with van der Waals surface area (Å²) in [5.41, 5.74) is 2.87. The van der Waals surface area contributed by atoms with Crippen LogP contribution in [0.25, 0.3) is 0 Å². The molecule has 4 nitrogen and oxygen atoms in total. The number of benzene rings is 2. The fraction of sp³-hybridized carbons (Fsp3) is 0.263. The molecule has 23 heavy (non-hydrogen) atoms. The summed E-state index contributed by atoms with van der Waals surface area (Å²) in [5, 5.41) is 18.9. The van der Waals surface area contributed by atoms with Crippen molar-refractivity contribution in [3.05, 3.63) is 58.7 Å². The van der Waals surface area contributed by atoms with E-state index in [1.807, 2.05) is 37.3 Å². The first-order valence-corrected chi connectivity index (χ1v) is 7.50. The van der Waals surface area contributed by atoms with Gasteiger partial charge in [0.1, 0.15) is 18.1 Å². The minimum atomic E-state index is -0.155. The number of phenolic OH excluding ortho intramolecular Hbond substituents is 1. The summed E-state index contributed by atoms with van der Waals surface area (Å²) in [7, 11) is 0. The molecule has 0 aromatic heterocycles. The smallest absolute Gasteiger partial charge is 0.163 e. The van der Waals surface area contributed by atoms with Crippen LogP contribution in [0, 0.1) is 11.3 Å². The van der Waals surface area contributed by atoms with E-state index >= 15 is 0 Å². The molecule has 0 bridgehead atoms. The molecule has 0 spiro atoms. The van der Waals surface area contributed by atoms with Gasteiger partial charge >= 0.3 is 0 Å². The zero-order chi connectivity index (χ0) is 16.8. The largest absolute Gasteiger partial charge is 0.507 e. The molecule has 2 aromatic rings. The van der Waals surface area contributed by atoms with Crippen molar-refractivity contribution < 1.29 is 14.6 Å². The molecule has 4 heteroatoms. The highest BCUT2D eigenvalue weighted by molar-refractivity contribution is 5.97. The van der Waals surface area contributed by atoms with E-state index in [0.29, 0.717) is 30.8 Å². The van der Waals surface area contributed by atoms with Crippen LogP contribution in [0.15, 0.2) is 36.4 Å². The maximum atomic E-state index is 11.5. The lowest BCUT2D eigenvalue weighted by Gasteiger charge is -2.13. The zero-order valence-electron chi connectivity index (χ0n) is 13.3. The quantitative estimate of drug-likeness (QED) is 0.824. The van der Waals surface area contributed by atoms with Crippen molar-refractivity contribution in [2.45, 2.75) is 33.3 Å². The molecule has 0 radical (unpaired) electrons. The van der Waals surface area contributed by atoms with Crippen molar-refractivity contribution >= 4 is 5.78 Å². The van der Waals surface area contributed by atoms with E-state index in [-0.39, 0.29) is 11.5 Å². The van der Waals surface area contributed by atoms with Gasteiger partial charge in [-0.3, -0.25) is 4.79 Å². The summed E-state index contributed by atoms with van der Waals surface area (Å²) in [6.45, 7) is 3.68. The average molecular weight is 309 g/mol. The van der Waals surface area contributed by atoms with Crippen LogP contribution in [0.3, 0.4) is 0 Å². The van der Waals surface area contributed by atoms with Crippen LogP contribution >= 0.6 is 0 Å². The first-order chi connectivity index (χ1) is 11.1. The topological polar surface area (TPSA) is 70.3 Å². The molecule has 1 N–H and O–H groups in total. The number of nitrogens with zero attached hydrogens (tertiary/aromatic N) is 1. The Bertz CT molecular complexity index is 742. The summed E-state index contributed by atoms with van der Waals surface area (Å²) in [6.07, 6.45) is 0.993. The number of phenols is 1. The van der Waals surface area contributed by atoms with Gasteiger partial charge in [-0.1, -0.05) is 25.1 Å². The van der Waals surface area contributed by atoms with Gasteiger partial charge in [-0.15, -0.1) is 0 Å². The van der Waals surface area contributed by atoms with E-state index in [0.717, 1.165) is 16.7 Å². The lowest BCUT2D eigenvalue weighted by atomic mass is 9.99. The van der Waals surface area contributed by atoms with E-state index < -0.39 is 0 Å². The van der Waals surface area contributed by atoms with Crippen molar-refractivity contribution in [1.82, 2.24) is 0 Å². The van der Waals surface area contributed by atoms with Crippen molar-refractivity contribution in [2.24, 2.45) is 0 Å². The normalized spacial score (nSPS) is 10.1. The highest BCUT2D eigenvalue weighted by atomic mass is 16.5. The maximum Gasteiger partial charge on any atom is 0.163 e. The number of hydrogen-bond donors (Lipinski definition) is 1. The first kappa shape index (κ1) is 16.6. The highest BCUT2D eigenvalue weighted by Crippen LogP contribution is 2.28. The Kier molecular flexibility index (Phi) is 5.37. The Labute approximate surface area is 136 Å². The Morgan fingerprint density at radius 3 is 2.48 bits per heavy atom. The minimum Gasteiger partial charge on any atom is -0.507 e. The Morgan fingerprint density at radius 1 is 1.22 bits per heavy atom. The van der Waals surface area contributed by atoms with Gasteiger partial charge < -0.3 is 9.84 Å². The monoisotopic (exact) mass is 309 g/mol. The maximum absolute atomic E-state index is 11.5. The molecule has 0 heterocycles. The standard InChI is InChI=1S/C19H19NO3/c1-3-17-15(6-9-18(13(2)21)19(17)22)12-23-16-7-4-14(5-8-16)10-11-20/h4-9,22H,3,10,12H2,1-2H3. The van der Waals surface area contributed by atoms with Gasteiger partial charge in [0.2, 0.25) is 0 Å². The SMILES string of the molecule is CCc1c(COc2ccc(CC#N)cc2)ccc(C(C)=O)c1O. The second kappa shape index (κ2) is 7.46. The van der Waals surface area contributed by atoms with Crippen LogP contribution in [0.5, 0.6) is 11.5 Å². The molecule has 0 saturated heterocycles. The van der Waals surface area contributed by atoms with Gasteiger partial charge in [0, 0.05) is 5.56 Å². The molecular weight excluding hydrogens is 290 g/mol. The number of Topliss-reactive ketones (excluding diaryl/α,β-unsaturated/α-hetero) is 1. The molecular formula is C19H19NO3. The Hall–Kier alpha value is -2.80. The number of ketones is 1. The Balaban J connectivity index is 2.15. The van der Waals surface area contributed by atoms with E-state index in [1.165, 1.54) is 6.92 Å². The van der Waals surface area contributed by atoms with Gasteiger partial charge in [0.05, 0.1) is 18.1 Å². The van der Waals surface area contributed by atoms with Crippen molar-refractivity contribution in [2.75, 3.05) is 0 Å². The van der Waals surface area contributed by atoms with Crippen molar-refractivity contribution in [3.8, 4) is 17.6 Å². The first-order valence-electron chi connectivity index (χ1n) is 7.50. The minimum absolute atomic E-state index is 0.0467. The summed E-state index contributed by atoms with van der Waals surface area (Å²) < 4.78 is 5.74. The third kappa shape index (κ3) is 3.89. The van der Waals surface area contributed by atoms with Crippen LogP contribution in [-0.2, 0) is 19.4 Å². The fourth-order valence-electron chi connectivity index (χ4n) is 2.45. The lowest BCUT2D eigenvalue weighted by molar-refractivity contribution is 0.101. The molecule has 2 aromatic carbocycles. The second-order valence-electron chi connectivity index (χ2n) is 5.28. The summed E-state index contributed by atoms with van der Waals surface area (Å²) >= 11 is 0. The van der Waals surface area contributed by atoms with Crippen LogP contribution in [0.2, 0.25) is 0 Å². The third-order valence-electron chi connectivity index (χ3n) is 3.71. The van der Waals surface area contributed by atoms with E-state index in [1.54, 1.807) is 6.07 Å². The molecule has 118 valence electrons. The third-order valence-corrected chi connectivity index (χ3v) is 3.71. The number of carbonyl (C=O) groups excluding carboxylic acids is 1. The van der Waals surface area contributed by atoms with Crippen LogP contribution in [-0.4, -0.2) is 10.9 Å². The van der Waals surface area contributed by atoms with Crippen molar-refractivity contribution in [3.63, 3.8) is 0 Å². The number of carbonyl (C=O) groups is 1. The average Bonchev–Trinajstić information content (AvgIpc) is 2.54. The predicted octanol–water partition coefficient (Wildman–Crippen LogP) is 3.80. The predicted molar refractivity (Wildman–Crippen MR) is 87.6 cm³/mol. The van der Waals surface area contributed by atoms with Gasteiger partial charge in [0.15, 0.2) is 5.78 Å². The molecule has 2 rings (SSSR count). The van der Waals surface area contributed by atoms with E-state index in [4.69, 9.17) is 10.00 Å². The summed E-state index contributed by atoms with van der Waals surface area (Å²) in [5.74, 6) is 0.590. The van der Waals surface area contributed by atoms with Gasteiger partial charge in [-0.25, -0.2) is 0 Å². The fourth-order valence-corrected chi connectivity index (χ4v) is 2.45. The van der Waals surface area contributed by atoms with E-state index in [2.05, 4.69) is 6.07 Å². The van der Waals surface area contributed by atoms with Crippen molar-refractivity contribution in [1.29, 1.82) is 5.26 Å². The highest BCUT2D eigenvalue weighted by Gasteiger charge is 2.14. The van der Waals surface area contributed by atoms with Gasteiger partial charge in [0.25, 0.3) is 0 Å². The molecule has 0 aliphatic carbocycles. The molecule has 0 aliphatic heterocycles. The molecule has 0 aliphatic rings. The second-order valence-corrected chi connectivity index (χ2v) is 5.28. The van der Waals surface area contributed by atoms with Gasteiger partial charge in [-0.2, -0.15) is 5.26 Å². The number of ether oxygens (including phenoxy) is 1. The summed E-state index contributed by atoms with van der Waals surface area (Å²) in [4.78, 5) is 11.5. The number of aromatic hydroxyl groups is 1. The molecule has 0 atom stereocenters. The van der Waals surface area contributed by atoms with Crippen LogP contribution < -0.4 is 4.74 Å². The molecule has 0 fully saturated rings. The van der Waals surface area contributed by atoms with Gasteiger partial charge in [-0.05, 0) is 42.7 Å². The van der Waals surface area contributed by atoms with E-state index in [9.17, 15) is 9.90 Å². The summed E-state index contributed by atoms with van der Waals surface area (Å²) in [6, 6.07) is 12.9. The Morgan fingerprint density at radius 2 is 1.91 bits per heavy atom. The zero-order valence-corrected chi connectivity index (χ0v) is 13.3. The molecule has 0 saturated carbocycles. The number of rotatable bonds is 6.